The lowest BCUT2D eigenvalue weighted by Crippen LogP contribution is -2.39. The van der Waals surface area contributed by atoms with Crippen LogP contribution in [0.4, 0.5) is 11.4 Å². The molecule has 0 unspecified atom stereocenters. The van der Waals surface area contributed by atoms with Gasteiger partial charge in [-0.05, 0) is 18.9 Å². The molecule has 6 nitrogen and oxygen atoms in total. The molecule has 1 aromatic rings. The monoisotopic (exact) mass is 289 g/mol. The molecule has 1 fully saturated rings. The summed E-state index contributed by atoms with van der Waals surface area (Å²) in [7, 11) is 1.56. The predicted octanol–water partition coefficient (Wildman–Crippen LogP) is 2.11. The number of ether oxygens (including phenoxy) is 1. The van der Waals surface area contributed by atoms with E-state index in [1.807, 2.05) is 0 Å². The van der Waals surface area contributed by atoms with Crippen LogP contribution in [0.15, 0.2) is 18.2 Å². The molecule has 6 heteroatoms. The van der Waals surface area contributed by atoms with Gasteiger partial charge in [0.15, 0.2) is 0 Å². The van der Waals surface area contributed by atoms with Crippen LogP contribution in [-0.4, -0.2) is 42.6 Å². The van der Waals surface area contributed by atoms with Crippen molar-refractivity contribution in [1.82, 2.24) is 4.90 Å². The molecule has 0 atom stereocenters. The minimum Gasteiger partial charge on any atom is -0.495 e. The number of hydrogen-bond donors (Lipinski definition) is 1. The molecule has 1 heterocycles. The number of terminal acetylenes is 1. The van der Waals surface area contributed by atoms with E-state index in [-0.39, 0.29) is 11.7 Å². The third-order valence-electron chi connectivity index (χ3n) is 3.66. The summed E-state index contributed by atoms with van der Waals surface area (Å²) in [5.74, 6) is 3.27. The lowest BCUT2D eigenvalue weighted by molar-refractivity contribution is -0.384. The minimum atomic E-state index is -0.403. The van der Waals surface area contributed by atoms with Crippen molar-refractivity contribution in [2.75, 3.05) is 32.1 Å². The van der Waals surface area contributed by atoms with Crippen molar-refractivity contribution in [1.29, 1.82) is 0 Å². The van der Waals surface area contributed by atoms with E-state index in [0.29, 0.717) is 18.0 Å². The van der Waals surface area contributed by atoms with Gasteiger partial charge >= 0.3 is 0 Å². The molecular weight excluding hydrogens is 270 g/mol. The lowest BCUT2D eigenvalue weighted by atomic mass is 10.0. The number of nitrogens with zero attached hydrogens (tertiary/aromatic N) is 2. The molecule has 21 heavy (non-hydrogen) atoms. The average Bonchev–Trinajstić information content (AvgIpc) is 2.49. The second kappa shape index (κ2) is 6.95. The number of non-ortho nitro benzene ring substituents is 1. The van der Waals surface area contributed by atoms with E-state index >= 15 is 0 Å². The summed E-state index contributed by atoms with van der Waals surface area (Å²) in [6, 6.07) is 4.86. The summed E-state index contributed by atoms with van der Waals surface area (Å²) in [6.45, 7) is 2.53. The highest BCUT2D eigenvalue weighted by Gasteiger charge is 2.20. The molecular formula is C15H19N3O3. The fourth-order valence-electron chi connectivity index (χ4n) is 2.51. The summed E-state index contributed by atoms with van der Waals surface area (Å²) in [5.41, 5.74) is 0.727. The SMILES string of the molecule is C#CCN1CCC(Nc2cc([N+](=O)[O-])ccc2OC)CC1. The van der Waals surface area contributed by atoms with Crippen molar-refractivity contribution in [2.24, 2.45) is 0 Å². The summed E-state index contributed by atoms with van der Waals surface area (Å²) in [6.07, 6.45) is 7.22. The van der Waals surface area contributed by atoms with Gasteiger partial charge in [-0.25, -0.2) is 0 Å². The molecule has 1 aliphatic heterocycles. The maximum Gasteiger partial charge on any atom is 0.271 e. The highest BCUT2D eigenvalue weighted by Crippen LogP contribution is 2.30. The first-order valence-electron chi connectivity index (χ1n) is 6.89. The molecule has 1 aliphatic rings. The zero-order chi connectivity index (χ0) is 15.2. The number of hydrogen-bond acceptors (Lipinski definition) is 5. The summed E-state index contributed by atoms with van der Waals surface area (Å²) >= 11 is 0. The zero-order valence-electron chi connectivity index (χ0n) is 12.0. The number of benzene rings is 1. The van der Waals surface area contributed by atoms with E-state index in [0.717, 1.165) is 25.9 Å². The van der Waals surface area contributed by atoms with Crippen molar-refractivity contribution in [3.8, 4) is 18.1 Å². The number of piperidine rings is 1. The van der Waals surface area contributed by atoms with Gasteiger partial charge in [-0.3, -0.25) is 15.0 Å². The second-order valence-electron chi connectivity index (χ2n) is 5.04. The molecule has 1 saturated heterocycles. The Labute approximate surface area is 124 Å². The van der Waals surface area contributed by atoms with Crippen LogP contribution in [0.5, 0.6) is 5.75 Å². The second-order valence-corrected chi connectivity index (χ2v) is 5.04. The van der Waals surface area contributed by atoms with Gasteiger partial charge in [0.25, 0.3) is 5.69 Å². The Hall–Kier alpha value is -2.26. The molecule has 0 amide bonds. The number of nitro groups is 1. The normalized spacial score (nSPS) is 16.2. The van der Waals surface area contributed by atoms with E-state index in [1.165, 1.54) is 12.1 Å². The van der Waals surface area contributed by atoms with Gasteiger partial charge in [0, 0.05) is 31.3 Å². The molecule has 112 valence electrons. The fraction of sp³-hybridized carbons (Fsp3) is 0.467. The summed E-state index contributed by atoms with van der Waals surface area (Å²) in [4.78, 5) is 12.7. The number of anilines is 1. The number of nitro benzene ring substituents is 1. The molecule has 0 bridgehead atoms. The van der Waals surface area contributed by atoms with E-state index in [4.69, 9.17) is 11.2 Å². The molecule has 0 aliphatic carbocycles. The quantitative estimate of drug-likeness (QED) is 0.511. The molecule has 2 rings (SSSR count). The van der Waals surface area contributed by atoms with E-state index in [2.05, 4.69) is 16.1 Å². The third kappa shape index (κ3) is 3.86. The Bertz CT molecular complexity index is 546. The van der Waals surface area contributed by atoms with Crippen molar-refractivity contribution in [3.05, 3.63) is 28.3 Å². The molecule has 1 N–H and O–H groups in total. The van der Waals surface area contributed by atoms with Crippen LogP contribution in [0, 0.1) is 22.5 Å². The van der Waals surface area contributed by atoms with E-state index < -0.39 is 4.92 Å². The maximum absolute atomic E-state index is 10.9. The number of likely N-dealkylation sites (tertiary alicyclic amines) is 1. The van der Waals surface area contributed by atoms with Gasteiger partial charge < -0.3 is 10.1 Å². The van der Waals surface area contributed by atoms with E-state index in [1.54, 1.807) is 13.2 Å². The van der Waals surface area contributed by atoms with Crippen LogP contribution < -0.4 is 10.1 Å². The van der Waals surface area contributed by atoms with E-state index in [9.17, 15) is 10.1 Å². The van der Waals surface area contributed by atoms with Gasteiger partial charge in [0.05, 0.1) is 24.3 Å². The Kier molecular flexibility index (Phi) is 5.01. The van der Waals surface area contributed by atoms with Gasteiger partial charge in [-0.1, -0.05) is 5.92 Å². The van der Waals surface area contributed by atoms with Crippen LogP contribution in [0.2, 0.25) is 0 Å². The molecule has 0 radical (unpaired) electrons. The number of rotatable bonds is 5. The molecule has 0 spiro atoms. The molecule has 0 aromatic heterocycles. The van der Waals surface area contributed by atoms with Gasteiger partial charge in [-0.15, -0.1) is 6.42 Å². The smallest absolute Gasteiger partial charge is 0.271 e. The van der Waals surface area contributed by atoms with Crippen LogP contribution in [0.3, 0.4) is 0 Å². The van der Waals surface area contributed by atoms with Crippen LogP contribution in [-0.2, 0) is 0 Å². The van der Waals surface area contributed by atoms with Crippen LogP contribution in [0.1, 0.15) is 12.8 Å². The average molecular weight is 289 g/mol. The number of methoxy groups -OCH3 is 1. The van der Waals surface area contributed by atoms with Crippen molar-refractivity contribution < 1.29 is 9.66 Å². The fourth-order valence-corrected chi connectivity index (χ4v) is 2.51. The third-order valence-corrected chi connectivity index (χ3v) is 3.66. The summed E-state index contributed by atoms with van der Waals surface area (Å²) < 4.78 is 5.26. The largest absolute Gasteiger partial charge is 0.495 e. The number of nitrogens with one attached hydrogen (secondary N) is 1. The van der Waals surface area contributed by atoms with Gasteiger partial charge in [0.2, 0.25) is 0 Å². The van der Waals surface area contributed by atoms with Gasteiger partial charge in [-0.2, -0.15) is 0 Å². The highest BCUT2D eigenvalue weighted by molar-refractivity contribution is 5.62. The zero-order valence-corrected chi connectivity index (χ0v) is 12.0. The Balaban J connectivity index is 2.04. The van der Waals surface area contributed by atoms with Crippen molar-refractivity contribution in [2.45, 2.75) is 18.9 Å². The van der Waals surface area contributed by atoms with Crippen LogP contribution in [0.25, 0.3) is 0 Å². The van der Waals surface area contributed by atoms with Crippen LogP contribution >= 0.6 is 0 Å². The highest BCUT2D eigenvalue weighted by atomic mass is 16.6. The predicted molar refractivity (Wildman–Crippen MR) is 81.6 cm³/mol. The van der Waals surface area contributed by atoms with Gasteiger partial charge in [0.1, 0.15) is 5.75 Å². The first-order chi connectivity index (χ1) is 10.1. The van der Waals surface area contributed by atoms with Crippen molar-refractivity contribution in [3.63, 3.8) is 0 Å². The summed E-state index contributed by atoms with van der Waals surface area (Å²) in [5, 5.41) is 14.2. The first kappa shape index (κ1) is 15.1. The standard InChI is InChI=1S/C15H19N3O3/c1-3-8-17-9-6-12(7-10-17)16-14-11-13(18(19)20)4-5-15(14)21-2/h1,4-5,11-12,16H,6-10H2,2H3. The lowest BCUT2D eigenvalue weighted by Gasteiger charge is -2.31. The Morgan fingerprint density at radius 1 is 1.52 bits per heavy atom. The molecule has 0 saturated carbocycles. The van der Waals surface area contributed by atoms with Crippen molar-refractivity contribution >= 4 is 11.4 Å². The first-order valence-corrected chi connectivity index (χ1v) is 6.89. The maximum atomic E-state index is 10.9. The minimum absolute atomic E-state index is 0.0584. The Morgan fingerprint density at radius 2 is 2.24 bits per heavy atom. The Morgan fingerprint density at radius 3 is 2.81 bits per heavy atom. The topological polar surface area (TPSA) is 67.6 Å². The molecule has 1 aromatic carbocycles.